The SMILES string of the molecule is COc1cccc(C2CC3CN(Cc4nc5ccccc5[nH]4)CC32)c1. The highest BCUT2D eigenvalue weighted by atomic mass is 16.5. The van der Waals surface area contributed by atoms with Crippen LogP contribution in [0.25, 0.3) is 11.0 Å². The van der Waals surface area contributed by atoms with Gasteiger partial charge in [0.15, 0.2) is 0 Å². The van der Waals surface area contributed by atoms with Crippen LogP contribution in [0.1, 0.15) is 23.7 Å². The van der Waals surface area contributed by atoms with Gasteiger partial charge in [0, 0.05) is 13.1 Å². The number of para-hydroxylation sites is 2. The Kier molecular flexibility index (Phi) is 3.52. The Labute approximate surface area is 147 Å². The van der Waals surface area contributed by atoms with E-state index in [4.69, 9.17) is 9.72 Å². The maximum absolute atomic E-state index is 5.39. The minimum atomic E-state index is 0.681. The van der Waals surface area contributed by atoms with Gasteiger partial charge in [-0.1, -0.05) is 24.3 Å². The molecule has 4 heteroatoms. The summed E-state index contributed by atoms with van der Waals surface area (Å²) in [6, 6.07) is 16.9. The van der Waals surface area contributed by atoms with E-state index in [0.717, 1.165) is 41.0 Å². The quantitative estimate of drug-likeness (QED) is 0.789. The van der Waals surface area contributed by atoms with Crippen LogP contribution in [-0.2, 0) is 6.54 Å². The highest BCUT2D eigenvalue weighted by Gasteiger charge is 2.47. The molecule has 1 aliphatic carbocycles. The highest BCUT2D eigenvalue weighted by molar-refractivity contribution is 5.74. The third kappa shape index (κ3) is 2.61. The molecule has 5 rings (SSSR count). The normalized spacial score (nSPS) is 25.7. The summed E-state index contributed by atoms with van der Waals surface area (Å²) in [6.45, 7) is 3.29. The first-order chi connectivity index (χ1) is 12.3. The lowest BCUT2D eigenvalue weighted by Crippen LogP contribution is -2.33. The van der Waals surface area contributed by atoms with E-state index in [9.17, 15) is 0 Å². The van der Waals surface area contributed by atoms with Crippen LogP contribution >= 0.6 is 0 Å². The standard InChI is InChI=1S/C21H23N3O/c1-25-16-6-4-5-14(9-16)17-10-15-11-24(12-18(15)17)13-21-22-19-7-2-3-8-20(19)23-21/h2-9,15,17-18H,10-13H2,1H3,(H,22,23). The molecule has 2 heterocycles. The second-order valence-corrected chi connectivity index (χ2v) is 7.44. The van der Waals surface area contributed by atoms with Crippen LogP contribution in [0, 0.1) is 11.8 Å². The van der Waals surface area contributed by atoms with Crippen LogP contribution in [0.3, 0.4) is 0 Å². The van der Waals surface area contributed by atoms with Crippen molar-refractivity contribution in [2.24, 2.45) is 11.8 Å². The van der Waals surface area contributed by atoms with Gasteiger partial charge in [-0.3, -0.25) is 4.90 Å². The first kappa shape index (κ1) is 15.0. The van der Waals surface area contributed by atoms with Crippen LogP contribution in [0.15, 0.2) is 48.5 Å². The summed E-state index contributed by atoms with van der Waals surface area (Å²) in [4.78, 5) is 10.8. The molecule has 2 fully saturated rings. The van der Waals surface area contributed by atoms with Gasteiger partial charge in [0.2, 0.25) is 0 Å². The topological polar surface area (TPSA) is 41.1 Å². The number of imidazole rings is 1. The van der Waals surface area contributed by atoms with E-state index in [-0.39, 0.29) is 0 Å². The zero-order valence-corrected chi connectivity index (χ0v) is 14.5. The molecule has 25 heavy (non-hydrogen) atoms. The maximum Gasteiger partial charge on any atom is 0.121 e. The number of likely N-dealkylation sites (tertiary alicyclic amines) is 1. The summed E-state index contributed by atoms with van der Waals surface area (Å²) in [7, 11) is 1.74. The molecule has 4 nitrogen and oxygen atoms in total. The minimum absolute atomic E-state index is 0.681. The van der Waals surface area contributed by atoms with Gasteiger partial charge in [-0.05, 0) is 54.0 Å². The molecule has 3 atom stereocenters. The van der Waals surface area contributed by atoms with Gasteiger partial charge in [-0.2, -0.15) is 0 Å². The molecule has 128 valence electrons. The lowest BCUT2D eigenvalue weighted by Gasteiger charge is -2.40. The summed E-state index contributed by atoms with van der Waals surface area (Å²) in [5, 5.41) is 0. The van der Waals surface area contributed by atoms with Crippen molar-refractivity contribution in [3.05, 3.63) is 59.9 Å². The van der Waals surface area contributed by atoms with E-state index in [1.807, 2.05) is 12.1 Å². The fourth-order valence-corrected chi connectivity index (χ4v) is 4.68. The zero-order valence-electron chi connectivity index (χ0n) is 14.5. The molecule has 1 saturated heterocycles. The average molecular weight is 333 g/mol. The second kappa shape index (κ2) is 5.88. The van der Waals surface area contributed by atoms with E-state index < -0.39 is 0 Å². The average Bonchev–Trinajstić information content (AvgIpc) is 3.17. The summed E-state index contributed by atoms with van der Waals surface area (Å²) in [5.74, 6) is 4.34. The van der Waals surface area contributed by atoms with Gasteiger partial charge in [0.25, 0.3) is 0 Å². The van der Waals surface area contributed by atoms with Crippen LogP contribution in [0.5, 0.6) is 5.75 Å². The van der Waals surface area contributed by atoms with Crippen molar-refractivity contribution in [1.29, 1.82) is 0 Å². The smallest absolute Gasteiger partial charge is 0.121 e. The number of benzene rings is 2. The van der Waals surface area contributed by atoms with Crippen LogP contribution in [0.2, 0.25) is 0 Å². The third-order valence-electron chi connectivity index (χ3n) is 5.97. The largest absolute Gasteiger partial charge is 0.497 e. The van der Waals surface area contributed by atoms with Gasteiger partial charge >= 0.3 is 0 Å². The first-order valence-electron chi connectivity index (χ1n) is 9.10. The number of nitrogens with one attached hydrogen (secondary N) is 1. The monoisotopic (exact) mass is 333 g/mol. The Morgan fingerprint density at radius 2 is 2.08 bits per heavy atom. The molecule has 0 bridgehead atoms. The van der Waals surface area contributed by atoms with E-state index in [1.54, 1.807) is 7.11 Å². The van der Waals surface area contributed by atoms with E-state index in [0.29, 0.717) is 5.92 Å². The number of hydrogen-bond donors (Lipinski definition) is 1. The van der Waals surface area contributed by atoms with Gasteiger partial charge < -0.3 is 9.72 Å². The second-order valence-electron chi connectivity index (χ2n) is 7.44. The molecule has 0 spiro atoms. The molecule has 1 N–H and O–H groups in total. The van der Waals surface area contributed by atoms with Crippen LogP contribution in [0.4, 0.5) is 0 Å². The highest BCUT2D eigenvalue weighted by Crippen LogP contribution is 2.51. The van der Waals surface area contributed by atoms with Gasteiger partial charge in [-0.15, -0.1) is 0 Å². The fraction of sp³-hybridized carbons (Fsp3) is 0.381. The summed E-state index contributed by atoms with van der Waals surface area (Å²) in [5.41, 5.74) is 3.63. The molecule has 3 unspecified atom stereocenters. The fourth-order valence-electron chi connectivity index (χ4n) is 4.68. The number of nitrogens with zero attached hydrogens (tertiary/aromatic N) is 2. The number of aromatic nitrogens is 2. The molecule has 0 amide bonds. The molecule has 1 saturated carbocycles. The predicted molar refractivity (Wildman–Crippen MR) is 98.7 cm³/mol. The summed E-state index contributed by atoms with van der Waals surface area (Å²) >= 11 is 0. The molecule has 1 aliphatic heterocycles. The lowest BCUT2D eigenvalue weighted by molar-refractivity contribution is 0.190. The number of rotatable bonds is 4. The number of H-pyrrole nitrogens is 1. The zero-order chi connectivity index (χ0) is 16.8. The summed E-state index contributed by atoms with van der Waals surface area (Å²) < 4.78 is 5.39. The lowest BCUT2D eigenvalue weighted by atomic mass is 9.64. The molecule has 3 aromatic rings. The number of aromatic amines is 1. The van der Waals surface area contributed by atoms with Crippen molar-refractivity contribution in [2.45, 2.75) is 18.9 Å². The molecule has 0 radical (unpaired) electrons. The maximum atomic E-state index is 5.39. The number of hydrogen-bond acceptors (Lipinski definition) is 3. The summed E-state index contributed by atoms with van der Waals surface area (Å²) in [6.07, 6.45) is 1.30. The minimum Gasteiger partial charge on any atom is -0.497 e. The number of methoxy groups -OCH3 is 1. The molecule has 1 aromatic heterocycles. The van der Waals surface area contributed by atoms with Gasteiger partial charge in [-0.25, -0.2) is 4.98 Å². The molecule has 2 aliphatic rings. The van der Waals surface area contributed by atoms with E-state index in [1.165, 1.54) is 25.1 Å². The third-order valence-corrected chi connectivity index (χ3v) is 5.97. The Morgan fingerprint density at radius 3 is 2.96 bits per heavy atom. The van der Waals surface area contributed by atoms with Crippen molar-refractivity contribution in [3.8, 4) is 5.75 Å². The Morgan fingerprint density at radius 1 is 1.16 bits per heavy atom. The Hall–Kier alpha value is -2.33. The predicted octanol–water partition coefficient (Wildman–Crippen LogP) is 3.81. The van der Waals surface area contributed by atoms with Crippen molar-refractivity contribution in [2.75, 3.05) is 20.2 Å². The number of ether oxygens (including phenoxy) is 1. The first-order valence-corrected chi connectivity index (χ1v) is 9.10. The Bertz CT molecular complexity index is 870. The molecule has 2 aromatic carbocycles. The van der Waals surface area contributed by atoms with E-state index in [2.05, 4.69) is 46.3 Å². The van der Waals surface area contributed by atoms with Crippen molar-refractivity contribution in [1.82, 2.24) is 14.9 Å². The molecular formula is C21H23N3O. The van der Waals surface area contributed by atoms with Crippen LogP contribution in [-0.4, -0.2) is 35.1 Å². The van der Waals surface area contributed by atoms with Crippen LogP contribution < -0.4 is 4.74 Å². The van der Waals surface area contributed by atoms with Gasteiger partial charge in [0.05, 0.1) is 24.7 Å². The van der Waals surface area contributed by atoms with Crippen molar-refractivity contribution >= 4 is 11.0 Å². The Balaban J connectivity index is 1.28. The van der Waals surface area contributed by atoms with Crippen molar-refractivity contribution < 1.29 is 4.74 Å². The van der Waals surface area contributed by atoms with Crippen molar-refractivity contribution in [3.63, 3.8) is 0 Å². The van der Waals surface area contributed by atoms with E-state index >= 15 is 0 Å². The van der Waals surface area contributed by atoms with Gasteiger partial charge in [0.1, 0.15) is 11.6 Å². The number of fused-ring (bicyclic) bond motifs is 2. The molecular weight excluding hydrogens is 310 g/mol.